The molecule has 86 valence electrons. The van der Waals surface area contributed by atoms with Crippen molar-refractivity contribution in [3.05, 3.63) is 0 Å². The van der Waals surface area contributed by atoms with Crippen LogP contribution >= 0.6 is 0 Å². The van der Waals surface area contributed by atoms with Crippen molar-refractivity contribution >= 4 is 5.78 Å². The average Bonchev–Trinajstić information content (AvgIpc) is 2.24. The molecule has 1 aliphatic heterocycles. The van der Waals surface area contributed by atoms with E-state index in [4.69, 9.17) is 0 Å². The second kappa shape index (κ2) is 5.08. The molecule has 3 heteroatoms. The topological polar surface area (TPSA) is 49.3 Å². The van der Waals surface area contributed by atoms with Gasteiger partial charge in [-0.25, -0.2) is 0 Å². The lowest BCUT2D eigenvalue weighted by atomic mass is 9.78. The monoisotopic (exact) mass is 211 g/mol. The first-order valence-electron chi connectivity index (χ1n) is 6.19. The Labute approximate surface area is 91.2 Å². The molecular formula is C12H21NO2. The van der Waals surface area contributed by atoms with Gasteiger partial charge in [0.25, 0.3) is 0 Å². The van der Waals surface area contributed by atoms with Crippen molar-refractivity contribution in [2.24, 2.45) is 11.8 Å². The fourth-order valence-electron chi connectivity index (χ4n) is 2.85. The smallest absolute Gasteiger partial charge is 0.138 e. The van der Waals surface area contributed by atoms with Crippen molar-refractivity contribution in [2.75, 3.05) is 13.1 Å². The molecule has 0 radical (unpaired) electrons. The molecule has 3 atom stereocenters. The molecule has 0 aromatic rings. The summed E-state index contributed by atoms with van der Waals surface area (Å²) in [6, 6.07) is 0. The van der Waals surface area contributed by atoms with Crippen LogP contribution in [0.4, 0.5) is 0 Å². The van der Waals surface area contributed by atoms with E-state index in [1.165, 1.54) is 6.42 Å². The van der Waals surface area contributed by atoms with Gasteiger partial charge >= 0.3 is 0 Å². The van der Waals surface area contributed by atoms with Gasteiger partial charge in [-0.2, -0.15) is 0 Å². The van der Waals surface area contributed by atoms with E-state index in [9.17, 15) is 9.90 Å². The van der Waals surface area contributed by atoms with E-state index < -0.39 is 0 Å². The Morgan fingerprint density at radius 1 is 1.33 bits per heavy atom. The van der Waals surface area contributed by atoms with E-state index in [1.807, 2.05) is 0 Å². The lowest BCUT2D eigenvalue weighted by molar-refractivity contribution is -0.124. The molecule has 2 aliphatic rings. The minimum absolute atomic E-state index is 0.159. The lowest BCUT2D eigenvalue weighted by Gasteiger charge is -2.31. The third kappa shape index (κ3) is 2.79. The van der Waals surface area contributed by atoms with Gasteiger partial charge in [-0.05, 0) is 25.2 Å². The molecule has 15 heavy (non-hydrogen) atoms. The number of carbonyl (C=O) groups is 1. The molecule has 1 saturated heterocycles. The van der Waals surface area contributed by atoms with Crippen LogP contribution in [-0.2, 0) is 4.79 Å². The maximum absolute atomic E-state index is 11.7. The van der Waals surface area contributed by atoms with Crippen molar-refractivity contribution in [2.45, 2.75) is 44.6 Å². The van der Waals surface area contributed by atoms with Gasteiger partial charge in [0, 0.05) is 25.4 Å². The van der Waals surface area contributed by atoms with Crippen LogP contribution in [0, 0.1) is 11.8 Å². The Kier molecular flexibility index (Phi) is 3.76. The highest BCUT2D eigenvalue weighted by Crippen LogP contribution is 2.30. The van der Waals surface area contributed by atoms with Crippen LogP contribution in [0.15, 0.2) is 0 Å². The van der Waals surface area contributed by atoms with Gasteiger partial charge in [-0.1, -0.05) is 12.8 Å². The number of aliphatic hydroxyl groups is 1. The number of nitrogens with one attached hydrogen (secondary N) is 1. The molecule has 1 aliphatic carbocycles. The van der Waals surface area contributed by atoms with Gasteiger partial charge in [0.05, 0.1) is 6.10 Å². The zero-order chi connectivity index (χ0) is 10.7. The Morgan fingerprint density at radius 2 is 2.13 bits per heavy atom. The summed E-state index contributed by atoms with van der Waals surface area (Å²) < 4.78 is 0. The summed E-state index contributed by atoms with van der Waals surface area (Å²) in [6.45, 7) is 1.66. The normalized spacial score (nSPS) is 37.9. The molecule has 3 unspecified atom stereocenters. The summed E-state index contributed by atoms with van der Waals surface area (Å²) in [5.41, 5.74) is 0. The molecule has 1 saturated carbocycles. The van der Waals surface area contributed by atoms with Gasteiger partial charge in [0.1, 0.15) is 5.78 Å². The van der Waals surface area contributed by atoms with Gasteiger partial charge in [-0.15, -0.1) is 0 Å². The largest absolute Gasteiger partial charge is 0.393 e. The third-order valence-corrected chi connectivity index (χ3v) is 3.85. The highest BCUT2D eigenvalue weighted by atomic mass is 16.3. The summed E-state index contributed by atoms with van der Waals surface area (Å²) in [6.07, 6.45) is 5.81. The number of piperidine rings is 1. The Morgan fingerprint density at radius 3 is 2.87 bits per heavy atom. The van der Waals surface area contributed by atoms with E-state index in [1.54, 1.807) is 0 Å². The molecular weight excluding hydrogens is 190 g/mol. The van der Waals surface area contributed by atoms with Crippen molar-refractivity contribution in [1.29, 1.82) is 0 Å². The summed E-state index contributed by atoms with van der Waals surface area (Å²) >= 11 is 0. The molecule has 0 aromatic heterocycles. The van der Waals surface area contributed by atoms with E-state index in [0.29, 0.717) is 18.1 Å². The fraction of sp³-hybridized carbons (Fsp3) is 0.917. The van der Waals surface area contributed by atoms with Crippen molar-refractivity contribution < 1.29 is 9.90 Å². The highest BCUT2D eigenvalue weighted by molar-refractivity contribution is 5.82. The quantitative estimate of drug-likeness (QED) is 0.719. The Bertz CT molecular complexity index is 230. The number of hydrogen-bond donors (Lipinski definition) is 2. The Balaban J connectivity index is 1.86. The third-order valence-electron chi connectivity index (χ3n) is 3.85. The number of hydrogen-bond acceptors (Lipinski definition) is 3. The van der Waals surface area contributed by atoms with Gasteiger partial charge < -0.3 is 10.4 Å². The zero-order valence-electron chi connectivity index (χ0n) is 9.24. The van der Waals surface area contributed by atoms with E-state index >= 15 is 0 Å². The number of aliphatic hydroxyl groups excluding tert-OH is 1. The fourth-order valence-corrected chi connectivity index (χ4v) is 2.85. The molecule has 3 nitrogen and oxygen atoms in total. The standard InChI is InChI=1S/C12H21NO2/c14-11-4-2-1-3-9(11)7-10-8-13-6-5-12(10)15/h9-11,13-14H,1-8H2. The molecule has 2 N–H and O–H groups in total. The number of ketones is 1. The van der Waals surface area contributed by atoms with Crippen LogP contribution in [0.2, 0.25) is 0 Å². The molecule has 0 aromatic carbocycles. The molecule has 2 rings (SSSR count). The van der Waals surface area contributed by atoms with Crippen molar-refractivity contribution in [1.82, 2.24) is 5.32 Å². The van der Waals surface area contributed by atoms with Gasteiger partial charge in [0.15, 0.2) is 0 Å². The maximum Gasteiger partial charge on any atom is 0.138 e. The molecule has 1 heterocycles. The second-order valence-electron chi connectivity index (χ2n) is 4.96. The molecule has 0 amide bonds. The SMILES string of the molecule is O=C1CCNCC1CC1CCCCC1O. The Hall–Kier alpha value is -0.410. The van der Waals surface area contributed by atoms with Crippen LogP contribution in [0.25, 0.3) is 0 Å². The van der Waals surface area contributed by atoms with E-state index in [2.05, 4.69) is 5.32 Å². The van der Waals surface area contributed by atoms with Crippen LogP contribution in [0.3, 0.4) is 0 Å². The van der Waals surface area contributed by atoms with Gasteiger partial charge in [0.2, 0.25) is 0 Å². The minimum Gasteiger partial charge on any atom is -0.393 e. The van der Waals surface area contributed by atoms with Crippen LogP contribution < -0.4 is 5.32 Å². The van der Waals surface area contributed by atoms with Gasteiger partial charge in [-0.3, -0.25) is 4.79 Å². The first kappa shape index (κ1) is 11.1. The number of rotatable bonds is 2. The molecule has 2 fully saturated rings. The van der Waals surface area contributed by atoms with Crippen molar-refractivity contribution in [3.8, 4) is 0 Å². The number of carbonyl (C=O) groups excluding carboxylic acids is 1. The summed E-state index contributed by atoms with van der Waals surface area (Å²) in [4.78, 5) is 11.7. The first-order valence-corrected chi connectivity index (χ1v) is 6.19. The molecule has 0 spiro atoms. The lowest BCUT2D eigenvalue weighted by Crippen LogP contribution is -2.39. The van der Waals surface area contributed by atoms with Crippen LogP contribution in [-0.4, -0.2) is 30.1 Å². The molecule has 0 bridgehead atoms. The predicted molar refractivity (Wildman–Crippen MR) is 58.6 cm³/mol. The maximum atomic E-state index is 11.7. The minimum atomic E-state index is -0.159. The summed E-state index contributed by atoms with van der Waals surface area (Å²) in [5.74, 6) is 0.927. The number of Topliss-reactive ketones (excluding diaryl/α,β-unsaturated/α-hetero) is 1. The second-order valence-corrected chi connectivity index (χ2v) is 4.96. The highest BCUT2D eigenvalue weighted by Gasteiger charge is 2.30. The van der Waals surface area contributed by atoms with Crippen molar-refractivity contribution in [3.63, 3.8) is 0 Å². The van der Waals surface area contributed by atoms with Crippen LogP contribution in [0.5, 0.6) is 0 Å². The van der Waals surface area contributed by atoms with E-state index in [0.717, 1.165) is 38.8 Å². The average molecular weight is 211 g/mol. The van der Waals surface area contributed by atoms with Crippen LogP contribution in [0.1, 0.15) is 38.5 Å². The first-order chi connectivity index (χ1) is 7.27. The zero-order valence-corrected chi connectivity index (χ0v) is 9.24. The van der Waals surface area contributed by atoms with E-state index in [-0.39, 0.29) is 12.0 Å². The summed E-state index contributed by atoms with van der Waals surface area (Å²) in [7, 11) is 0. The predicted octanol–water partition coefficient (Wildman–Crippen LogP) is 1.11. The summed E-state index contributed by atoms with van der Waals surface area (Å²) in [5, 5.41) is 13.1.